The average Bonchev–Trinajstić information content (AvgIpc) is 3.12. The summed E-state index contributed by atoms with van der Waals surface area (Å²) < 4.78 is 1.63. The molecule has 0 bridgehead atoms. The van der Waals surface area contributed by atoms with E-state index in [0.717, 1.165) is 36.6 Å². The zero-order valence-electron chi connectivity index (χ0n) is 15.4. The van der Waals surface area contributed by atoms with Gasteiger partial charge < -0.3 is 5.11 Å². The molecule has 1 aliphatic rings. The van der Waals surface area contributed by atoms with Crippen LogP contribution in [-0.2, 0) is 13.1 Å². The van der Waals surface area contributed by atoms with Gasteiger partial charge in [-0.15, -0.1) is 0 Å². The topological polar surface area (TPSA) is 84.1 Å². The maximum absolute atomic E-state index is 13.0. The van der Waals surface area contributed by atoms with Crippen molar-refractivity contribution in [2.24, 2.45) is 0 Å². The molecule has 0 amide bonds. The number of fused-ring (bicyclic) bond motifs is 1. The van der Waals surface area contributed by atoms with Crippen molar-refractivity contribution in [1.29, 1.82) is 0 Å². The summed E-state index contributed by atoms with van der Waals surface area (Å²) >= 11 is 0. The minimum Gasteiger partial charge on any atom is -0.395 e. The van der Waals surface area contributed by atoms with Crippen LogP contribution in [0.3, 0.4) is 0 Å². The Kier molecular flexibility index (Phi) is 4.96. The lowest BCUT2D eigenvalue weighted by atomic mass is 10.1. The molecule has 7 heteroatoms. The molecule has 3 heterocycles. The zero-order valence-corrected chi connectivity index (χ0v) is 15.4. The summed E-state index contributed by atoms with van der Waals surface area (Å²) in [5.41, 5.74) is 2.42. The third kappa shape index (κ3) is 3.48. The highest BCUT2D eigenvalue weighted by Gasteiger charge is 2.30. The minimum absolute atomic E-state index is 0.0242. The normalized spacial score (nSPS) is 17.6. The zero-order chi connectivity index (χ0) is 18.8. The first kappa shape index (κ1) is 17.8. The molecule has 1 saturated heterocycles. The molecule has 1 fully saturated rings. The van der Waals surface area contributed by atoms with E-state index in [4.69, 9.17) is 4.98 Å². The molecule has 4 rings (SSSR count). The number of hydrogen-bond acceptors (Lipinski definition) is 6. The molecule has 3 aromatic rings. The van der Waals surface area contributed by atoms with Crippen LogP contribution >= 0.6 is 0 Å². The number of para-hydroxylation sites is 1. The number of aliphatic hydroxyl groups excluding tert-OH is 1. The van der Waals surface area contributed by atoms with E-state index < -0.39 is 0 Å². The third-order valence-corrected chi connectivity index (χ3v) is 5.05. The van der Waals surface area contributed by atoms with Crippen LogP contribution in [0, 0.1) is 6.92 Å². The van der Waals surface area contributed by atoms with E-state index in [0.29, 0.717) is 17.4 Å². The minimum atomic E-state index is -0.0942. The standard InChI is InChI=1S/C20H23N5O2/c1-14-11-21-12-15(22-14)13-24-8-4-7-18(24)19-23-17-6-3-2-5-16(17)20(27)25(19)9-10-26/h2-3,5-6,11-12,18,26H,4,7-10,13H2,1H3. The second kappa shape index (κ2) is 7.54. The monoisotopic (exact) mass is 365 g/mol. The Balaban J connectivity index is 1.75. The van der Waals surface area contributed by atoms with Gasteiger partial charge in [0.05, 0.1) is 41.5 Å². The second-order valence-electron chi connectivity index (χ2n) is 6.95. The number of nitrogens with zero attached hydrogens (tertiary/aromatic N) is 5. The van der Waals surface area contributed by atoms with Crippen LogP contribution in [0.15, 0.2) is 41.5 Å². The van der Waals surface area contributed by atoms with Crippen LogP contribution in [0.2, 0.25) is 0 Å². The van der Waals surface area contributed by atoms with E-state index in [2.05, 4.69) is 14.9 Å². The molecule has 0 aliphatic carbocycles. The van der Waals surface area contributed by atoms with Gasteiger partial charge >= 0.3 is 0 Å². The molecule has 0 spiro atoms. The number of rotatable bonds is 5. The SMILES string of the molecule is Cc1cncc(CN2CCCC2c2nc3ccccc3c(=O)n2CCO)n1. The first-order chi connectivity index (χ1) is 13.2. The summed E-state index contributed by atoms with van der Waals surface area (Å²) in [4.78, 5) is 28.9. The van der Waals surface area contributed by atoms with E-state index in [1.54, 1.807) is 23.0 Å². The second-order valence-corrected chi connectivity index (χ2v) is 6.95. The molecule has 1 unspecified atom stereocenters. The third-order valence-electron chi connectivity index (χ3n) is 5.05. The van der Waals surface area contributed by atoms with Gasteiger partial charge in [0.15, 0.2) is 0 Å². The van der Waals surface area contributed by atoms with E-state index in [9.17, 15) is 9.90 Å². The lowest BCUT2D eigenvalue weighted by Gasteiger charge is -2.26. The molecular weight excluding hydrogens is 342 g/mol. The molecule has 2 aromatic heterocycles. The number of aryl methyl sites for hydroxylation is 1. The lowest BCUT2D eigenvalue weighted by Crippen LogP contribution is -2.33. The summed E-state index contributed by atoms with van der Waals surface area (Å²) in [6.45, 7) is 3.68. The predicted molar refractivity (Wildman–Crippen MR) is 102 cm³/mol. The maximum Gasteiger partial charge on any atom is 0.261 e. The Morgan fingerprint density at radius 3 is 2.89 bits per heavy atom. The fourth-order valence-electron chi connectivity index (χ4n) is 3.86. The molecule has 0 saturated carbocycles. The van der Waals surface area contributed by atoms with Gasteiger partial charge in [-0.3, -0.25) is 24.2 Å². The summed E-state index contributed by atoms with van der Waals surface area (Å²) in [7, 11) is 0. The lowest BCUT2D eigenvalue weighted by molar-refractivity contribution is 0.221. The van der Waals surface area contributed by atoms with Gasteiger partial charge in [-0.1, -0.05) is 12.1 Å². The molecule has 1 N–H and O–H groups in total. The highest BCUT2D eigenvalue weighted by Crippen LogP contribution is 2.32. The molecule has 1 atom stereocenters. The van der Waals surface area contributed by atoms with Gasteiger partial charge in [0.2, 0.25) is 0 Å². The van der Waals surface area contributed by atoms with Gasteiger partial charge in [-0.25, -0.2) is 4.98 Å². The first-order valence-electron chi connectivity index (χ1n) is 9.29. The smallest absolute Gasteiger partial charge is 0.261 e. The Morgan fingerprint density at radius 1 is 1.22 bits per heavy atom. The van der Waals surface area contributed by atoms with Gasteiger partial charge in [-0.2, -0.15) is 0 Å². The fraction of sp³-hybridized carbons (Fsp3) is 0.400. The average molecular weight is 365 g/mol. The number of aliphatic hydroxyl groups is 1. The number of hydrogen-bond donors (Lipinski definition) is 1. The summed E-state index contributed by atoms with van der Waals surface area (Å²) in [5, 5.41) is 10.1. The van der Waals surface area contributed by atoms with Crippen molar-refractivity contribution in [3.05, 3.63) is 64.2 Å². The largest absolute Gasteiger partial charge is 0.395 e. The molecule has 1 aromatic carbocycles. The number of benzene rings is 1. The van der Waals surface area contributed by atoms with Crippen LogP contribution < -0.4 is 5.56 Å². The molecule has 0 radical (unpaired) electrons. The van der Waals surface area contributed by atoms with Crippen molar-refractivity contribution in [3.8, 4) is 0 Å². The van der Waals surface area contributed by atoms with E-state index >= 15 is 0 Å². The molecule has 140 valence electrons. The van der Waals surface area contributed by atoms with Crippen LogP contribution in [0.25, 0.3) is 10.9 Å². The van der Waals surface area contributed by atoms with Crippen LogP contribution in [0.5, 0.6) is 0 Å². The Hall–Kier alpha value is -2.64. The van der Waals surface area contributed by atoms with Crippen molar-refractivity contribution in [1.82, 2.24) is 24.4 Å². The predicted octanol–water partition coefficient (Wildman–Crippen LogP) is 1.82. The Labute approximate surface area is 157 Å². The molecule has 27 heavy (non-hydrogen) atoms. The van der Waals surface area contributed by atoms with Gasteiger partial charge in [-0.05, 0) is 38.4 Å². The number of aromatic nitrogens is 4. The van der Waals surface area contributed by atoms with Crippen LogP contribution in [-0.4, -0.2) is 42.7 Å². The van der Waals surface area contributed by atoms with Crippen molar-refractivity contribution in [2.45, 2.75) is 38.9 Å². The van der Waals surface area contributed by atoms with E-state index in [1.165, 1.54) is 0 Å². The molecular formula is C20H23N5O2. The molecule has 7 nitrogen and oxygen atoms in total. The molecule has 1 aliphatic heterocycles. The van der Waals surface area contributed by atoms with Crippen LogP contribution in [0.1, 0.15) is 36.1 Å². The summed E-state index contributed by atoms with van der Waals surface area (Å²) in [6.07, 6.45) is 5.49. The van der Waals surface area contributed by atoms with Gasteiger partial charge in [0.1, 0.15) is 5.82 Å². The highest BCUT2D eigenvalue weighted by molar-refractivity contribution is 5.77. The van der Waals surface area contributed by atoms with Crippen molar-refractivity contribution in [3.63, 3.8) is 0 Å². The van der Waals surface area contributed by atoms with Crippen molar-refractivity contribution >= 4 is 10.9 Å². The number of likely N-dealkylation sites (tertiary alicyclic amines) is 1. The van der Waals surface area contributed by atoms with Crippen molar-refractivity contribution in [2.75, 3.05) is 13.2 Å². The van der Waals surface area contributed by atoms with Crippen LogP contribution in [0.4, 0.5) is 0 Å². The summed E-state index contributed by atoms with van der Waals surface area (Å²) in [5.74, 6) is 0.728. The summed E-state index contributed by atoms with van der Waals surface area (Å²) in [6, 6.07) is 7.42. The van der Waals surface area contributed by atoms with E-state index in [-0.39, 0.29) is 24.8 Å². The van der Waals surface area contributed by atoms with Gasteiger partial charge in [0, 0.05) is 18.9 Å². The quantitative estimate of drug-likeness (QED) is 0.743. The first-order valence-corrected chi connectivity index (χ1v) is 9.29. The van der Waals surface area contributed by atoms with E-state index in [1.807, 2.05) is 25.1 Å². The Bertz CT molecular complexity index is 1020. The Morgan fingerprint density at radius 2 is 2.07 bits per heavy atom. The maximum atomic E-state index is 13.0. The van der Waals surface area contributed by atoms with Crippen molar-refractivity contribution < 1.29 is 5.11 Å². The highest BCUT2D eigenvalue weighted by atomic mass is 16.3. The van der Waals surface area contributed by atoms with Gasteiger partial charge in [0.25, 0.3) is 5.56 Å². The fourth-order valence-corrected chi connectivity index (χ4v) is 3.86.